The Morgan fingerprint density at radius 1 is 1.10 bits per heavy atom. The number of aromatic hydroxyl groups is 2. The van der Waals surface area contributed by atoms with Gasteiger partial charge in [0.05, 0.1) is 24.1 Å². The van der Waals surface area contributed by atoms with E-state index in [1.54, 1.807) is 19.1 Å². The predicted molar refractivity (Wildman–Crippen MR) is 120 cm³/mol. The number of rotatable bonds is 4. The maximum absolute atomic E-state index is 12.7. The molecule has 1 aromatic heterocycles. The van der Waals surface area contributed by atoms with Gasteiger partial charge in [0.1, 0.15) is 0 Å². The Bertz CT molecular complexity index is 1190. The van der Waals surface area contributed by atoms with E-state index in [1.807, 2.05) is 38.1 Å². The molecule has 31 heavy (non-hydrogen) atoms. The molecule has 0 radical (unpaired) electrons. The van der Waals surface area contributed by atoms with Crippen molar-refractivity contribution >= 4 is 21.9 Å². The molecule has 4 rings (SSSR count). The molecule has 160 valence electrons. The molecule has 3 aromatic rings. The number of phenolic OH excluding ortho intramolecular Hbond substituents is 2. The molecule has 0 bridgehead atoms. The number of hydrogen-bond acceptors (Lipinski definition) is 6. The van der Waals surface area contributed by atoms with Crippen LogP contribution in [0.15, 0.2) is 40.9 Å². The molecular weight excluding hydrogens is 462 g/mol. The third kappa shape index (κ3) is 3.53. The fraction of sp³-hybridized carbons (Fsp3) is 0.250. The van der Waals surface area contributed by atoms with Gasteiger partial charge in [-0.1, -0.05) is 41.9 Å². The average Bonchev–Trinajstić information content (AvgIpc) is 3.06. The number of ether oxygens (including phenoxy) is 2. The maximum Gasteiger partial charge on any atom is 0.341 e. The molecule has 2 N–H and O–H groups in total. The lowest BCUT2D eigenvalue weighted by Gasteiger charge is -2.20. The Balaban J connectivity index is 1.91. The number of fused-ring (bicyclic) bond motifs is 1. The van der Waals surface area contributed by atoms with E-state index in [2.05, 4.69) is 20.9 Å². The summed E-state index contributed by atoms with van der Waals surface area (Å²) >= 11 is 3.43. The first-order valence-corrected chi connectivity index (χ1v) is 10.6. The third-order valence-electron chi connectivity index (χ3n) is 5.48. The van der Waals surface area contributed by atoms with Crippen LogP contribution in [0.3, 0.4) is 0 Å². The molecule has 0 spiro atoms. The maximum atomic E-state index is 12.7. The van der Waals surface area contributed by atoms with Crippen molar-refractivity contribution in [1.82, 2.24) is 4.98 Å². The molecule has 1 atom stereocenters. The van der Waals surface area contributed by atoms with E-state index in [4.69, 9.17) is 9.47 Å². The molecule has 6 nitrogen and oxygen atoms in total. The van der Waals surface area contributed by atoms with E-state index in [1.165, 1.54) is 7.11 Å². The first-order valence-electron chi connectivity index (χ1n) is 9.84. The van der Waals surface area contributed by atoms with Gasteiger partial charge in [-0.05, 0) is 37.1 Å². The van der Waals surface area contributed by atoms with Crippen LogP contribution in [0.2, 0.25) is 0 Å². The topological polar surface area (TPSA) is 88.9 Å². The van der Waals surface area contributed by atoms with Gasteiger partial charge < -0.3 is 19.7 Å². The van der Waals surface area contributed by atoms with Crippen molar-refractivity contribution < 1.29 is 24.5 Å². The number of carbonyl (C=O) groups excluding carboxylic acids is 1. The largest absolute Gasteiger partial charge is 0.504 e. The van der Waals surface area contributed by atoms with Crippen molar-refractivity contribution in [3.63, 3.8) is 0 Å². The summed E-state index contributed by atoms with van der Waals surface area (Å²) in [6.07, 6.45) is -0.868. The van der Waals surface area contributed by atoms with Crippen LogP contribution in [0.25, 0.3) is 11.3 Å². The Labute approximate surface area is 188 Å². The fourth-order valence-corrected chi connectivity index (χ4v) is 4.19. The number of carbonyl (C=O) groups is 1. The number of cyclic esters (lactones) is 1. The summed E-state index contributed by atoms with van der Waals surface area (Å²) in [6.45, 7) is 5.66. The SMILES string of the molecule is COc1c(C(C)C)cc(C2OC(=O)c3c2cc(-c2ccc(Br)cc2)nc3C)c(O)c1O. The van der Waals surface area contributed by atoms with Gasteiger partial charge in [-0.2, -0.15) is 0 Å². The average molecular weight is 484 g/mol. The second-order valence-corrected chi connectivity index (χ2v) is 8.71. The zero-order valence-electron chi connectivity index (χ0n) is 17.6. The highest BCUT2D eigenvalue weighted by molar-refractivity contribution is 9.10. The number of methoxy groups -OCH3 is 1. The highest BCUT2D eigenvalue weighted by Gasteiger charge is 2.38. The van der Waals surface area contributed by atoms with Gasteiger partial charge in [0.15, 0.2) is 17.6 Å². The van der Waals surface area contributed by atoms with Crippen molar-refractivity contribution in [2.75, 3.05) is 7.11 Å². The molecule has 0 saturated carbocycles. The molecule has 7 heteroatoms. The van der Waals surface area contributed by atoms with E-state index in [0.29, 0.717) is 33.6 Å². The Morgan fingerprint density at radius 3 is 2.39 bits per heavy atom. The molecule has 2 aromatic carbocycles. The van der Waals surface area contributed by atoms with Crippen LogP contribution >= 0.6 is 15.9 Å². The van der Waals surface area contributed by atoms with Gasteiger partial charge >= 0.3 is 5.97 Å². The number of hydrogen-bond donors (Lipinski definition) is 2. The number of nitrogens with zero attached hydrogens (tertiary/aromatic N) is 1. The van der Waals surface area contributed by atoms with Crippen molar-refractivity contribution in [3.8, 4) is 28.5 Å². The lowest BCUT2D eigenvalue weighted by Crippen LogP contribution is -2.05. The van der Waals surface area contributed by atoms with Crippen LogP contribution in [-0.4, -0.2) is 28.3 Å². The second kappa shape index (κ2) is 7.89. The van der Waals surface area contributed by atoms with E-state index in [0.717, 1.165) is 10.0 Å². The van der Waals surface area contributed by atoms with Crippen LogP contribution in [0.4, 0.5) is 0 Å². The molecule has 1 aliphatic rings. The predicted octanol–water partition coefficient (Wildman–Crippen LogP) is 5.62. The minimum absolute atomic E-state index is 0.00859. The van der Waals surface area contributed by atoms with Gasteiger partial charge in [0.25, 0.3) is 0 Å². The summed E-state index contributed by atoms with van der Waals surface area (Å²) in [5.41, 5.74) is 4.11. The summed E-state index contributed by atoms with van der Waals surface area (Å²) in [5.74, 6) is -1.02. The lowest BCUT2D eigenvalue weighted by atomic mass is 9.92. The van der Waals surface area contributed by atoms with E-state index in [9.17, 15) is 15.0 Å². The van der Waals surface area contributed by atoms with E-state index < -0.39 is 12.1 Å². The van der Waals surface area contributed by atoms with E-state index in [-0.39, 0.29) is 23.2 Å². The van der Waals surface area contributed by atoms with Gasteiger partial charge in [-0.3, -0.25) is 4.98 Å². The monoisotopic (exact) mass is 483 g/mol. The minimum atomic E-state index is -0.868. The van der Waals surface area contributed by atoms with Crippen molar-refractivity contribution in [1.29, 1.82) is 0 Å². The Morgan fingerprint density at radius 2 is 1.77 bits per heavy atom. The standard InChI is InChI=1S/C24H22BrNO5/c1-11(2)15-9-17(20(27)21(28)23(15)30-4)22-16-10-18(13-5-7-14(25)8-6-13)26-12(3)19(16)24(29)31-22/h5-11,22,27-28H,1-4H3. The number of esters is 1. The second-order valence-electron chi connectivity index (χ2n) is 7.79. The minimum Gasteiger partial charge on any atom is -0.504 e. The van der Waals surface area contributed by atoms with Crippen LogP contribution in [-0.2, 0) is 4.74 Å². The quantitative estimate of drug-likeness (QED) is 0.369. The first kappa shape index (κ1) is 21.2. The summed E-state index contributed by atoms with van der Waals surface area (Å²) in [6, 6.07) is 11.2. The number of benzene rings is 2. The normalized spacial score (nSPS) is 15.2. The molecule has 0 amide bonds. The van der Waals surface area contributed by atoms with Crippen LogP contribution < -0.4 is 4.74 Å². The van der Waals surface area contributed by atoms with Crippen LogP contribution in [0.1, 0.15) is 58.6 Å². The van der Waals surface area contributed by atoms with Crippen LogP contribution in [0, 0.1) is 6.92 Å². The van der Waals surface area contributed by atoms with Crippen molar-refractivity contribution in [2.45, 2.75) is 32.8 Å². The van der Waals surface area contributed by atoms with Gasteiger partial charge in [-0.15, -0.1) is 0 Å². The van der Waals surface area contributed by atoms with E-state index >= 15 is 0 Å². The first-order chi connectivity index (χ1) is 14.7. The third-order valence-corrected chi connectivity index (χ3v) is 6.01. The van der Waals surface area contributed by atoms with Crippen molar-refractivity contribution in [3.05, 3.63) is 68.8 Å². The highest BCUT2D eigenvalue weighted by Crippen LogP contribution is 2.49. The zero-order chi connectivity index (χ0) is 22.4. The summed E-state index contributed by atoms with van der Waals surface area (Å²) < 4.78 is 11.9. The summed E-state index contributed by atoms with van der Waals surface area (Å²) in [7, 11) is 1.43. The Kier molecular flexibility index (Phi) is 5.39. The smallest absolute Gasteiger partial charge is 0.341 e. The van der Waals surface area contributed by atoms with Gasteiger partial charge in [0, 0.05) is 26.7 Å². The van der Waals surface area contributed by atoms with Gasteiger partial charge in [-0.25, -0.2) is 4.79 Å². The number of aryl methyl sites for hydroxylation is 1. The molecule has 1 unspecified atom stereocenters. The molecule has 2 heterocycles. The van der Waals surface area contributed by atoms with Gasteiger partial charge in [0.2, 0.25) is 5.75 Å². The lowest BCUT2D eigenvalue weighted by molar-refractivity contribution is 0.0451. The molecule has 0 fully saturated rings. The molecule has 1 aliphatic heterocycles. The van der Waals surface area contributed by atoms with Crippen molar-refractivity contribution in [2.24, 2.45) is 0 Å². The molecule has 0 aliphatic carbocycles. The summed E-state index contributed by atoms with van der Waals surface area (Å²) in [5, 5.41) is 21.3. The number of halogens is 1. The van der Waals surface area contributed by atoms with Crippen LogP contribution in [0.5, 0.6) is 17.2 Å². The fourth-order valence-electron chi connectivity index (χ4n) is 3.92. The molecular formula is C24H22BrNO5. The number of phenols is 2. The Hall–Kier alpha value is -3.06. The zero-order valence-corrected chi connectivity index (χ0v) is 19.1. The number of pyridine rings is 1. The molecule has 0 saturated heterocycles. The summed E-state index contributed by atoms with van der Waals surface area (Å²) in [4.78, 5) is 17.3. The number of aromatic nitrogens is 1. The highest BCUT2D eigenvalue weighted by atomic mass is 79.9.